The summed E-state index contributed by atoms with van der Waals surface area (Å²) in [4.78, 5) is 22.6. The first-order valence-electron chi connectivity index (χ1n) is 13.8. The summed E-state index contributed by atoms with van der Waals surface area (Å²) in [5.41, 5.74) is -5.78. The molecule has 2 aromatic rings. The molecule has 0 spiro atoms. The van der Waals surface area contributed by atoms with Crippen molar-refractivity contribution in [3.8, 4) is 0 Å². The minimum Gasteiger partial charge on any atom is -0.360 e. The lowest BCUT2D eigenvalue weighted by atomic mass is 9.77. The third-order valence-electron chi connectivity index (χ3n) is 8.01. The van der Waals surface area contributed by atoms with Gasteiger partial charge in [0.15, 0.2) is 0 Å². The summed E-state index contributed by atoms with van der Waals surface area (Å²) in [6, 6.07) is 2.79. The SMILES string of the molecule is CCC(NCS(=O)(=O)C(F)(F)F)C1CCC(CN2CC(NC(=O)CNc3ncnc4ccc(C(F)(F)F)cc34)C2)CC1. The number of aromatic nitrogens is 2. The molecule has 1 saturated carbocycles. The van der Waals surface area contributed by atoms with Crippen LogP contribution in [0, 0.1) is 11.8 Å². The van der Waals surface area contributed by atoms with Crippen LogP contribution in [0.2, 0.25) is 0 Å². The number of amides is 1. The van der Waals surface area contributed by atoms with E-state index in [9.17, 15) is 39.6 Å². The van der Waals surface area contributed by atoms with E-state index in [1.165, 1.54) is 12.4 Å². The minimum absolute atomic E-state index is 0.0566. The molecule has 1 aromatic heterocycles. The number of rotatable bonds is 11. The molecule has 0 bridgehead atoms. The van der Waals surface area contributed by atoms with Crippen LogP contribution in [0.25, 0.3) is 10.9 Å². The molecule has 2 fully saturated rings. The number of hydrogen-bond acceptors (Lipinski definition) is 8. The van der Waals surface area contributed by atoms with E-state index >= 15 is 0 Å². The van der Waals surface area contributed by atoms with Crippen LogP contribution in [0.5, 0.6) is 0 Å². The van der Waals surface area contributed by atoms with Crippen LogP contribution in [0.3, 0.4) is 0 Å². The fourth-order valence-electron chi connectivity index (χ4n) is 5.71. The molecule has 2 aliphatic rings. The van der Waals surface area contributed by atoms with Gasteiger partial charge in [-0.25, -0.2) is 18.4 Å². The van der Waals surface area contributed by atoms with E-state index in [1.54, 1.807) is 0 Å². The van der Waals surface area contributed by atoms with Gasteiger partial charge in [0.05, 0.1) is 23.7 Å². The van der Waals surface area contributed by atoms with E-state index in [-0.39, 0.29) is 41.7 Å². The molecule has 3 N–H and O–H groups in total. The number of anilines is 1. The zero-order valence-corrected chi connectivity index (χ0v) is 23.7. The standard InChI is InChI=1S/C26H34F6N6O3S/c1-2-21(36-15-42(40,41)26(30,31)32)17-5-3-16(4-6-17)11-38-12-19(13-38)37-23(39)10-33-24-20-9-18(25(27,28)29)7-8-22(20)34-14-35-24/h7-9,14,16-17,19,21,36H,2-6,10-13,15H2,1H3,(H,37,39)(H,33,34,35). The minimum atomic E-state index is -5.27. The second-order valence-corrected chi connectivity index (χ2v) is 13.0. The number of halogens is 6. The number of alkyl halides is 6. The predicted octanol–water partition coefficient (Wildman–Crippen LogP) is 3.93. The van der Waals surface area contributed by atoms with E-state index in [4.69, 9.17) is 0 Å². The van der Waals surface area contributed by atoms with Gasteiger partial charge in [0.2, 0.25) is 5.91 Å². The number of carbonyl (C=O) groups is 1. The topological polar surface area (TPSA) is 116 Å². The molecular formula is C26H34F6N6O3S. The summed E-state index contributed by atoms with van der Waals surface area (Å²) in [5, 5.41) is 8.47. The third-order valence-corrected chi connectivity index (χ3v) is 9.26. The van der Waals surface area contributed by atoms with Gasteiger partial charge in [0.1, 0.15) is 18.0 Å². The Kier molecular flexibility index (Phi) is 9.87. The number of sulfone groups is 1. The summed E-state index contributed by atoms with van der Waals surface area (Å²) in [6.07, 6.45) is 0.588. The van der Waals surface area contributed by atoms with Crippen molar-refractivity contribution >= 4 is 32.5 Å². The summed E-state index contributed by atoms with van der Waals surface area (Å²) in [6.45, 7) is 3.81. The van der Waals surface area contributed by atoms with Crippen LogP contribution in [-0.4, -0.2) is 78.8 Å². The molecule has 9 nitrogen and oxygen atoms in total. The smallest absolute Gasteiger partial charge is 0.360 e. The number of nitrogens with zero attached hydrogens (tertiary/aromatic N) is 3. The molecule has 1 atom stereocenters. The molecule has 4 rings (SSSR count). The van der Waals surface area contributed by atoms with Gasteiger partial charge in [-0.1, -0.05) is 6.92 Å². The molecule has 1 saturated heterocycles. The first kappa shape index (κ1) is 32.2. The highest BCUT2D eigenvalue weighted by Crippen LogP contribution is 2.34. The molecular weight excluding hydrogens is 590 g/mol. The van der Waals surface area contributed by atoms with Crippen LogP contribution in [0.1, 0.15) is 44.6 Å². The lowest BCUT2D eigenvalue weighted by Crippen LogP contribution is -2.60. The third kappa shape index (κ3) is 8.01. The van der Waals surface area contributed by atoms with Crippen molar-refractivity contribution in [2.24, 2.45) is 11.8 Å². The molecule has 42 heavy (non-hydrogen) atoms. The Hall–Kier alpha value is -2.72. The molecule has 2 heterocycles. The second-order valence-electron chi connectivity index (χ2n) is 11.0. The predicted molar refractivity (Wildman–Crippen MR) is 144 cm³/mol. The highest BCUT2D eigenvalue weighted by atomic mass is 32.2. The number of hydrogen-bond donors (Lipinski definition) is 3. The zero-order chi connectivity index (χ0) is 30.7. The lowest BCUT2D eigenvalue weighted by molar-refractivity contribution is -0.137. The van der Waals surface area contributed by atoms with Crippen molar-refractivity contribution in [2.75, 3.05) is 37.4 Å². The lowest BCUT2D eigenvalue weighted by Gasteiger charge is -2.43. The molecule has 1 aliphatic heterocycles. The molecule has 16 heteroatoms. The average Bonchev–Trinajstić information content (AvgIpc) is 2.90. The van der Waals surface area contributed by atoms with Crippen molar-refractivity contribution < 1.29 is 39.6 Å². The number of benzene rings is 1. The van der Waals surface area contributed by atoms with E-state index in [1.807, 2.05) is 6.92 Å². The Morgan fingerprint density at radius 3 is 2.38 bits per heavy atom. The van der Waals surface area contributed by atoms with Crippen molar-refractivity contribution in [1.82, 2.24) is 25.5 Å². The van der Waals surface area contributed by atoms with Gasteiger partial charge in [-0.2, -0.15) is 26.3 Å². The van der Waals surface area contributed by atoms with Gasteiger partial charge >= 0.3 is 11.7 Å². The molecule has 0 radical (unpaired) electrons. The maximum Gasteiger partial charge on any atom is 0.498 e. The number of nitrogens with one attached hydrogen (secondary N) is 3. The van der Waals surface area contributed by atoms with Crippen LogP contribution >= 0.6 is 0 Å². The fraction of sp³-hybridized carbons (Fsp3) is 0.654. The molecule has 234 valence electrons. The number of fused-ring (bicyclic) bond motifs is 1. The Bertz CT molecular complexity index is 1340. The number of carbonyl (C=O) groups excluding carboxylic acids is 1. The van der Waals surface area contributed by atoms with Crippen LogP contribution in [0.15, 0.2) is 24.5 Å². The van der Waals surface area contributed by atoms with Gasteiger partial charge in [-0.05, 0) is 62.1 Å². The molecule has 1 aromatic carbocycles. The second kappa shape index (κ2) is 12.9. The van der Waals surface area contributed by atoms with E-state index in [0.29, 0.717) is 30.9 Å². The summed E-state index contributed by atoms with van der Waals surface area (Å²) in [5.74, 6) is -0.777. The Labute approximate surface area is 239 Å². The Balaban J connectivity index is 1.16. The quantitative estimate of drug-likeness (QED) is 0.323. The number of likely N-dealkylation sites (tertiary alicyclic amines) is 1. The zero-order valence-electron chi connectivity index (χ0n) is 22.9. The monoisotopic (exact) mass is 624 g/mol. The first-order chi connectivity index (χ1) is 19.7. The summed E-state index contributed by atoms with van der Waals surface area (Å²) < 4.78 is 100. The normalized spacial score (nSPS) is 21.6. The highest BCUT2D eigenvalue weighted by molar-refractivity contribution is 7.92. The maximum absolute atomic E-state index is 13.1. The first-order valence-corrected chi connectivity index (χ1v) is 15.4. The van der Waals surface area contributed by atoms with Gasteiger partial charge in [0, 0.05) is 31.1 Å². The largest absolute Gasteiger partial charge is 0.498 e. The summed E-state index contributed by atoms with van der Waals surface area (Å²) in [7, 11) is -5.21. The van der Waals surface area contributed by atoms with Gasteiger partial charge in [-0.3, -0.25) is 9.69 Å². The van der Waals surface area contributed by atoms with Crippen LogP contribution < -0.4 is 16.0 Å². The van der Waals surface area contributed by atoms with E-state index in [2.05, 4.69) is 30.8 Å². The van der Waals surface area contributed by atoms with Crippen molar-refractivity contribution in [1.29, 1.82) is 0 Å². The van der Waals surface area contributed by atoms with Gasteiger partial charge < -0.3 is 16.0 Å². The highest BCUT2D eigenvalue weighted by Gasteiger charge is 2.45. The molecule has 1 unspecified atom stereocenters. The average molecular weight is 625 g/mol. The Morgan fingerprint density at radius 1 is 1.07 bits per heavy atom. The van der Waals surface area contributed by atoms with Crippen molar-refractivity contribution in [3.05, 3.63) is 30.1 Å². The van der Waals surface area contributed by atoms with Crippen molar-refractivity contribution in [3.63, 3.8) is 0 Å². The molecule has 1 aliphatic carbocycles. The molecule has 1 amide bonds. The van der Waals surface area contributed by atoms with E-state index < -0.39 is 33.0 Å². The van der Waals surface area contributed by atoms with Crippen LogP contribution in [0.4, 0.5) is 32.2 Å². The fourth-order valence-corrected chi connectivity index (χ4v) is 6.31. The van der Waals surface area contributed by atoms with Crippen LogP contribution in [-0.2, 0) is 20.8 Å². The maximum atomic E-state index is 13.1. The van der Waals surface area contributed by atoms with Gasteiger partial charge in [0.25, 0.3) is 9.84 Å². The van der Waals surface area contributed by atoms with Gasteiger partial charge in [-0.15, -0.1) is 0 Å². The van der Waals surface area contributed by atoms with E-state index in [0.717, 1.165) is 44.4 Å². The van der Waals surface area contributed by atoms with Crippen molar-refractivity contribution in [2.45, 2.75) is 62.8 Å². The Morgan fingerprint density at radius 2 is 1.76 bits per heavy atom. The summed E-state index contributed by atoms with van der Waals surface area (Å²) >= 11 is 0.